The van der Waals surface area contributed by atoms with Crippen LogP contribution in [-0.4, -0.2) is 61.1 Å². The van der Waals surface area contributed by atoms with Gasteiger partial charge in [-0.1, -0.05) is 0 Å². The fourth-order valence-corrected chi connectivity index (χ4v) is 3.47. The Morgan fingerprint density at radius 2 is 1.96 bits per heavy atom. The third kappa shape index (κ3) is 4.91. The van der Waals surface area contributed by atoms with Crippen LogP contribution < -0.4 is 0 Å². The Bertz CT molecular complexity index is 592. The number of ether oxygens (including phenoxy) is 2. The van der Waals surface area contributed by atoms with Gasteiger partial charge in [0.15, 0.2) is 0 Å². The predicted octanol–water partition coefficient (Wildman–Crippen LogP) is 1.73. The van der Waals surface area contributed by atoms with Gasteiger partial charge in [0.25, 0.3) is 0 Å². The van der Waals surface area contributed by atoms with Crippen LogP contribution in [0.3, 0.4) is 0 Å². The molecule has 1 N–H and O–H groups in total. The van der Waals surface area contributed by atoms with Crippen LogP contribution >= 0.6 is 0 Å². The van der Waals surface area contributed by atoms with Gasteiger partial charge in [0, 0.05) is 0 Å². The molecule has 1 aliphatic rings. The van der Waals surface area contributed by atoms with Crippen LogP contribution in [0, 0.1) is 11.8 Å². The first kappa shape index (κ1) is 20.1. The van der Waals surface area contributed by atoms with Crippen molar-refractivity contribution in [2.45, 2.75) is 52.6 Å². The Labute approximate surface area is 157 Å². The summed E-state index contributed by atoms with van der Waals surface area (Å²) in [4.78, 5) is 14.5. The number of hydrogen-bond donors (Lipinski definition) is 1. The Hall–Kier alpha value is -1.20. The van der Waals surface area contributed by atoms with Gasteiger partial charge in [-0.2, -0.15) is 0 Å². The average molecular weight is 412 g/mol. The van der Waals surface area contributed by atoms with Crippen LogP contribution in [0.25, 0.3) is 0 Å². The van der Waals surface area contributed by atoms with Gasteiger partial charge in [0.2, 0.25) is 0 Å². The van der Waals surface area contributed by atoms with Crippen molar-refractivity contribution in [3.05, 3.63) is 35.9 Å². The monoisotopic (exact) mass is 413 g/mol. The summed E-state index contributed by atoms with van der Waals surface area (Å²) in [7, 11) is 0. The first-order valence-electron chi connectivity index (χ1n) is 8.66. The second-order valence-corrected chi connectivity index (χ2v) is 7.61. The molecule has 6 heteroatoms. The number of carbonyl (C=O) groups is 1. The van der Waals surface area contributed by atoms with Gasteiger partial charge in [0.05, 0.1) is 0 Å². The van der Waals surface area contributed by atoms with E-state index in [2.05, 4.69) is 29.4 Å². The molecule has 1 fully saturated rings. The average Bonchev–Trinajstić information content (AvgIpc) is 3.00. The topological polar surface area (TPSA) is 59.0 Å². The van der Waals surface area contributed by atoms with E-state index in [1.165, 1.54) is 0 Å². The maximum absolute atomic E-state index is 12.9. The minimum atomic E-state index is -0.891. The molecule has 0 aromatic heterocycles. The zero-order chi connectivity index (χ0) is 18.6. The van der Waals surface area contributed by atoms with Crippen molar-refractivity contribution in [1.29, 1.82) is 0 Å². The van der Waals surface area contributed by atoms with Crippen molar-refractivity contribution < 1.29 is 19.4 Å². The molecule has 2 rings (SSSR count). The van der Waals surface area contributed by atoms with Crippen LogP contribution in [0.5, 0.6) is 0 Å². The molecule has 1 saturated heterocycles. The first-order valence-corrected chi connectivity index (χ1v) is 9.52. The summed E-state index contributed by atoms with van der Waals surface area (Å²) in [5, 5.41) is 10.6. The molecule has 1 heterocycles. The third-order valence-corrected chi connectivity index (χ3v) is 5.31. The van der Waals surface area contributed by atoms with Gasteiger partial charge in [-0.3, -0.25) is 0 Å². The molecular formula is C19H27NO4Se. The molecule has 0 aliphatic carbocycles. The van der Waals surface area contributed by atoms with Crippen LogP contribution in [-0.2, 0) is 20.9 Å². The van der Waals surface area contributed by atoms with E-state index in [4.69, 9.17) is 9.47 Å². The van der Waals surface area contributed by atoms with Gasteiger partial charge in [-0.15, -0.1) is 0 Å². The molecule has 4 atom stereocenters. The molecule has 138 valence electrons. The van der Waals surface area contributed by atoms with Crippen molar-refractivity contribution in [3.63, 3.8) is 0 Å². The van der Waals surface area contributed by atoms with Crippen molar-refractivity contribution >= 4 is 26.2 Å². The normalized spacial score (nSPS) is 21.1. The van der Waals surface area contributed by atoms with Gasteiger partial charge in [0.1, 0.15) is 0 Å². The predicted molar refractivity (Wildman–Crippen MR) is 98.0 cm³/mol. The number of amides is 1. The zero-order valence-electron chi connectivity index (χ0n) is 15.2. The minimum absolute atomic E-state index is 0.0149. The molecule has 0 unspecified atom stereocenters. The summed E-state index contributed by atoms with van der Waals surface area (Å²) in [6, 6.07) is 9.76. The zero-order valence-corrected chi connectivity index (χ0v) is 16.9. The molecule has 0 spiro atoms. The van der Waals surface area contributed by atoms with Crippen LogP contribution in [0.4, 0.5) is 0 Å². The van der Waals surface area contributed by atoms with Gasteiger partial charge in [-0.25, -0.2) is 0 Å². The number of nitrogens with zero attached hydrogens (tertiary/aromatic N) is 1. The molecule has 0 saturated carbocycles. The fourth-order valence-electron chi connectivity index (χ4n) is 2.85. The molecule has 1 aliphatic heterocycles. The molecule has 0 bridgehead atoms. The Balaban J connectivity index is 1.96. The van der Waals surface area contributed by atoms with E-state index >= 15 is 0 Å². The number of benzene rings is 1. The number of aliphatic hydroxyl groups is 1. The summed E-state index contributed by atoms with van der Waals surface area (Å²) in [6.07, 6.45) is -1.35. The van der Waals surface area contributed by atoms with E-state index in [1.54, 1.807) is 18.7 Å². The van der Waals surface area contributed by atoms with E-state index in [-0.39, 0.29) is 17.9 Å². The molecule has 5 nitrogen and oxygen atoms in total. The van der Waals surface area contributed by atoms with E-state index < -0.39 is 18.1 Å². The second-order valence-electron chi connectivity index (χ2n) is 6.88. The van der Waals surface area contributed by atoms with Gasteiger partial charge >= 0.3 is 157 Å². The number of rotatable bonds is 7. The molecule has 1 aromatic carbocycles. The van der Waals surface area contributed by atoms with E-state index in [9.17, 15) is 9.90 Å². The molecule has 1 aromatic rings. The van der Waals surface area contributed by atoms with Gasteiger partial charge in [-0.05, 0) is 0 Å². The van der Waals surface area contributed by atoms with E-state index in [0.29, 0.717) is 17.9 Å². The van der Waals surface area contributed by atoms with E-state index in [0.717, 1.165) is 5.56 Å². The van der Waals surface area contributed by atoms with Crippen LogP contribution in [0.2, 0.25) is 0 Å². The van der Waals surface area contributed by atoms with Crippen molar-refractivity contribution in [1.82, 2.24) is 4.90 Å². The summed E-state index contributed by atoms with van der Waals surface area (Å²) in [6.45, 7) is 8.52. The first-order chi connectivity index (χ1) is 11.8. The molecule has 1 amide bonds. The van der Waals surface area contributed by atoms with Crippen LogP contribution in [0.15, 0.2) is 30.3 Å². The second kappa shape index (κ2) is 8.95. The Morgan fingerprint density at radius 1 is 1.32 bits per heavy atom. The summed E-state index contributed by atoms with van der Waals surface area (Å²) in [5.74, 6) is -0.462. The maximum atomic E-state index is 12.9. The Morgan fingerprint density at radius 3 is 2.56 bits per heavy atom. The van der Waals surface area contributed by atoms with Crippen molar-refractivity contribution in [3.8, 4) is 0 Å². The standard InChI is InChI=1S/C19H27NO4Se/c1-12(2)16-11-24-19(25)20(16)18(22)13(3)17(21)14(4)23-10-15-8-6-5-7-9-15/h5-9,12-14,16-17,21H,10-11H2,1-4H3/t13-,14+,16-,17+/m1/s1. The molecule has 25 heavy (non-hydrogen) atoms. The molecule has 0 radical (unpaired) electrons. The summed E-state index contributed by atoms with van der Waals surface area (Å²) < 4.78 is 11.8. The SMILES string of the molecule is CC(C)[C@H]1COC(=[Se])N1C(=O)[C@H](C)[C@H](O)[C@H](C)OCc1ccccc1. The number of aliphatic hydroxyl groups excluding tert-OH is 1. The van der Waals surface area contributed by atoms with Crippen LogP contribution in [0.1, 0.15) is 33.3 Å². The Kier molecular flexibility index (Phi) is 7.20. The third-order valence-electron chi connectivity index (χ3n) is 4.65. The van der Waals surface area contributed by atoms with E-state index in [1.807, 2.05) is 30.3 Å². The summed E-state index contributed by atoms with van der Waals surface area (Å²) >= 11 is 2.81. The number of carbonyl (C=O) groups excluding carboxylic acids is 1. The number of hydrogen-bond acceptors (Lipinski definition) is 4. The quantitative estimate of drug-likeness (QED) is 0.693. The fraction of sp³-hybridized carbons (Fsp3) is 0.579. The van der Waals surface area contributed by atoms with Crippen molar-refractivity contribution in [2.24, 2.45) is 11.8 Å². The van der Waals surface area contributed by atoms with Crippen molar-refractivity contribution in [2.75, 3.05) is 6.61 Å². The summed E-state index contributed by atoms with van der Waals surface area (Å²) in [5.41, 5.74) is 1.03. The van der Waals surface area contributed by atoms with Gasteiger partial charge < -0.3 is 0 Å². The molecular weight excluding hydrogens is 385 g/mol.